The molecule has 1 unspecified atom stereocenters. The Balaban J connectivity index is 3.05. The number of hydrogen-bond acceptors (Lipinski definition) is 3. The zero-order chi connectivity index (χ0) is 12.2. The zero-order valence-electron chi connectivity index (χ0n) is 9.71. The number of carbonyl (C=O) groups is 1. The Morgan fingerprint density at radius 1 is 1.50 bits per heavy atom. The Kier molecular flexibility index (Phi) is 4.01. The number of rotatable bonds is 4. The van der Waals surface area contributed by atoms with Gasteiger partial charge in [0.25, 0.3) is 0 Å². The third-order valence-electron chi connectivity index (χ3n) is 2.75. The van der Waals surface area contributed by atoms with Gasteiger partial charge in [-0.25, -0.2) is 4.39 Å². The van der Waals surface area contributed by atoms with Crippen molar-refractivity contribution in [2.24, 2.45) is 0 Å². The molecule has 0 heterocycles. The van der Waals surface area contributed by atoms with Crippen LogP contribution in [0, 0.1) is 5.82 Å². The van der Waals surface area contributed by atoms with E-state index < -0.39 is 5.54 Å². The monoisotopic (exact) mass is 225 g/mol. The van der Waals surface area contributed by atoms with Crippen LogP contribution in [0.2, 0.25) is 0 Å². The first-order valence-corrected chi connectivity index (χ1v) is 5.04. The average Bonchev–Trinajstić information content (AvgIpc) is 2.29. The lowest BCUT2D eigenvalue weighted by Gasteiger charge is -2.28. The fourth-order valence-electron chi connectivity index (χ4n) is 1.59. The lowest BCUT2D eigenvalue weighted by molar-refractivity contribution is -0.142. The highest BCUT2D eigenvalue weighted by Gasteiger charge is 2.30. The van der Waals surface area contributed by atoms with Crippen LogP contribution in [0.5, 0.6) is 0 Å². The first-order valence-electron chi connectivity index (χ1n) is 5.04. The minimum absolute atomic E-state index is 0.0843. The van der Waals surface area contributed by atoms with Crippen molar-refractivity contribution in [3.63, 3.8) is 0 Å². The molecule has 1 aromatic rings. The van der Waals surface area contributed by atoms with Gasteiger partial charge in [0.05, 0.1) is 19.1 Å². The Hall–Kier alpha value is -1.42. The molecule has 3 nitrogen and oxygen atoms in total. The molecule has 0 fully saturated rings. The van der Waals surface area contributed by atoms with Crippen molar-refractivity contribution in [2.45, 2.75) is 18.9 Å². The van der Waals surface area contributed by atoms with Crippen molar-refractivity contribution in [1.82, 2.24) is 5.32 Å². The van der Waals surface area contributed by atoms with Crippen molar-refractivity contribution in [3.8, 4) is 0 Å². The lowest BCUT2D eigenvalue weighted by atomic mass is 9.88. The molecule has 88 valence electrons. The Morgan fingerprint density at radius 2 is 2.12 bits per heavy atom. The highest BCUT2D eigenvalue weighted by molar-refractivity contribution is 5.71. The quantitative estimate of drug-likeness (QED) is 0.794. The largest absolute Gasteiger partial charge is 0.469 e. The molecule has 0 saturated heterocycles. The molecule has 16 heavy (non-hydrogen) atoms. The third-order valence-corrected chi connectivity index (χ3v) is 2.75. The highest BCUT2D eigenvalue weighted by atomic mass is 19.1. The van der Waals surface area contributed by atoms with E-state index in [1.54, 1.807) is 32.2 Å². The molecule has 1 aromatic carbocycles. The molecule has 0 saturated carbocycles. The van der Waals surface area contributed by atoms with Crippen LogP contribution in [-0.4, -0.2) is 20.1 Å². The summed E-state index contributed by atoms with van der Waals surface area (Å²) in [6.07, 6.45) is 0.0843. The number of methoxy groups -OCH3 is 1. The molecule has 0 bridgehead atoms. The minimum Gasteiger partial charge on any atom is -0.469 e. The van der Waals surface area contributed by atoms with Gasteiger partial charge in [0.2, 0.25) is 0 Å². The Labute approximate surface area is 94.6 Å². The molecule has 0 aliphatic rings. The van der Waals surface area contributed by atoms with E-state index in [0.29, 0.717) is 5.56 Å². The van der Waals surface area contributed by atoms with Crippen LogP contribution in [0.3, 0.4) is 0 Å². The summed E-state index contributed by atoms with van der Waals surface area (Å²) in [4.78, 5) is 11.3. The van der Waals surface area contributed by atoms with Gasteiger partial charge in [-0.15, -0.1) is 0 Å². The van der Waals surface area contributed by atoms with Gasteiger partial charge in [-0.1, -0.05) is 18.2 Å². The van der Waals surface area contributed by atoms with E-state index >= 15 is 0 Å². The second kappa shape index (κ2) is 5.07. The van der Waals surface area contributed by atoms with Crippen LogP contribution in [0.4, 0.5) is 4.39 Å². The van der Waals surface area contributed by atoms with E-state index in [4.69, 9.17) is 0 Å². The lowest BCUT2D eigenvalue weighted by Crippen LogP contribution is -2.40. The number of carbonyl (C=O) groups excluding carboxylic acids is 1. The summed E-state index contributed by atoms with van der Waals surface area (Å²) in [6.45, 7) is 1.77. The maximum atomic E-state index is 13.6. The predicted molar refractivity (Wildman–Crippen MR) is 59.4 cm³/mol. The summed E-state index contributed by atoms with van der Waals surface area (Å²) in [7, 11) is 3.01. The second-order valence-corrected chi connectivity index (χ2v) is 3.81. The van der Waals surface area contributed by atoms with Crippen LogP contribution >= 0.6 is 0 Å². The summed E-state index contributed by atoms with van der Waals surface area (Å²) in [5.74, 6) is -0.705. The number of hydrogen-bond donors (Lipinski definition) is 1. The zero-order valence-corrected chi connectivity index (χ0v) is 9.71. The van der Waals surface area contributed by atoms with E-state index in [1.807, 2.05) is 0 Å². The molecule has 1 atom stereocenters. The van der Waals surface area contributed by atoms with Gasteiger partial charge < -0.3 is 10.1 Å². The van der Waals surface area contributed by atoms with Crippen molar-refractivity contribution < 1.29 is 13.9 Å². The molecule has 1 N–H and O–H groups in total. The fraction of sp³-hybridized carbons (Fsp3) is 0.417. The van der Waals surface area contributed by atoms with Gasteiger partial charge in [0, 0.05) is 5.56 Å². The SMILES string of the molecule is CNC(C)(CC(=O)OC)c1ccccc1F. The molecule has 0 spiro atoms. The molecule has 4 heteroatoms. The predicted octanol–water partition coefficient (Wildman–Crippen LogP) is 1.82. The van der Waals surface area contributed by atoms with Crippen LogP contribution in [-0.2, 0) is 15.1 Å². The first-order chi connectivity index (χ1) is 7.53. The highest BCUT2D eigenvalue weighted by Crippen LogP contribution is 2.26. The van der Waals surface area contributed by atoms with Gasteiger partial charge in [-0.05, 0) is 20.0 Å². The third kappa shape index (κ3) is 2.58. The maximum Gasteiger partial charge on any atom is 0.307 e. The Morgan fingerprint density at radius 3 is 2.62 bits per heavy atom. The van der Waals surface area contributed by atoms with Crippen LogP contribution < -0.4 is 5.32 Å². The van der Waals surface area contributed by atoms with E-state index in [1.165, 1.54) is 13.2 Å². The topological polar surface area (TPSA) is 38.3 Å². The average molecular weight is 225 g/mol. The summed E-state index contributed by atoms with van der Waals surface area (Å²) in [6, 6.07) is 6.40. The van der Waals surface area contributed by atoms with Gasteiger partial charge in [-0.2, -0.15) is 0 Å². The smallest absolute Gasteiger partial charge is 0.307 e. The van der Waals surface area contributed by atoms with E-state index in [2.05, 4.69) is 10.1 Å². The molecule has 0 radical (unpaired) electrons. The summed E-state index contributed by atoms with van der Waals surface area (Å²) in [5.41, 5.74) is -0.291. The van der Waals surface area contributed by atoms with Crippen LogP contribution in [0.15, 0.2) is 24.3 Å². The first kappa shape index (κ1) is 12.6. The maximum absolute atomic E-state index is 13.6. The second-order valence-electron chi connectivity index (χ2n) is 3.81. The number of nitrogens with one attached hydrogen (secondary N) is 1. The van der Waals surface area contributed by atoms with Gasteiger partial charge in [0.15, 0.2) is 0 Å². The van der Waals surface area contributed by atoms with Crippen LogP contribution in [0.1, 0.15) is 18.9 Å². The minimum atomic E-state index is -0.752. The van der Waals surface area contributed by atoms with Crippen molar-refractivity contribution in [2.75, 3.05) is 14.2 Å². The van der Waals surface area contributed by atoms with Gasteiger partial charge in [0.1, 0.15) is 5.82 Å². The standard InChI is InChI=1S/C12H16FNO2/c1-12(14-2,8-11(15)16-3)9-6-4-5-7-10(9)13/h4-7,14H,8H2,1-3H3. The fourth-order valence-corrected chi connectivity index (χ4v) is 1.59. The van der Waals surface area contributed by atoms with Crippen molar-refractivity contribution in [1.29, 1.82) is 0 Å². The van der Waals surface area contributed by atoms with Crippen LogP contribution in [0.25, 0.3) is 0 Å². The van der Waals surface area contributed by atoms with Crippen molar-refractivity contribution >= 4 is 5.97 Å². The number of halogens is 1. The summed E-state index contributed by atoms with van der Waals surface area (Å²) < 4.78 is 18.2. The normalized spacial score (nSPS) is 14.2. The molecule has 1 rings (SSSR count). The Bertz CT molecular complexity index is 381. The molecular formula is C12H16FNO2. The molecule has 0 aliphatic carbocycles. The number of esters is 1. The number of ether oxygens (including phenoxy) is 1. The van der Waals surface area contributed by atoms with E-state index in [0.717, 1.165) is 0 Å². The molecular weight excluding hydrogens is 209 g/mol. The molecule has 0 amide bonds. The summed E-state index contributed by atoms with van der Waals surface area (Å²) >= 11 is 0. The van der Waals surface area contributed by atoms with E-state index in [9.17, 15) is 9.18 Å². The molecule has 0 aliphatic heterocycles. The number of benzene rings is 1. The molecule has 0 aromatic heterocycles. The summed E-state index contributed by atoms with van der Waals surface area (Å²) in [5, 5.41) is 2.96. The van der Waals surface area contributed by atoms with Gasteiger partial charge >= 0.3 is 5.97 Å². The van der Waals surface area contributed by atoms with E-state index in [-0.39, 0.29) is 18.2 Å². The van der Waals surface area contributed by atoms with Crippen molar-refractivity contribution in [3.05, 3.63) is 35.6 Å². The van der Waals surface area contributed by atoms with Gasteiger partial charge in [-0.3, -0.25) is 4.79 Å².